The number of rotatable bonds is 8. The van der Waals surface area contributed by atoms with E-state index in [1.54, 1.807) is 54.9 Å². The summed E-state index contributed by atoms with van der Waals surface area (Å²) in [5, 5.41) is 3.90. The molecular formula is C22H21BrN4O4S. The monoisotopic (exact) mass is 516 g/mol. The summed E-state index contributed by atoms with van der Waals surface area (Å²) in [4.78, 5) is 16.5. The Balaban J connectivity index is 1.88. The third-order valence-corrected chi connectivity index (χ3v) is 6.82. The SMILES string of the molecule is COc1ccc(S(=O)(=O)N(CC(=O)N/N=C\c2ccncc2)c2ccc(C)cc2)cc1Br. The van der Waals surface area contributed by atoms with Gasteiger partial charge in [0, 0.05) is 12.4 Å². The van der Waals surface area contributed by atoms with Crippen LogP contribution >= 0.6 is 15.9 Å². The molecule has 0 radical (unpaired) electrons. The molecular weight excluding hydrogens is 496 g/mol. The summed E-state index contributed by atoms with van der Waals surface area (Å²) in [6.07, 6.45) is 4.65. The van der Waals surface area contributed by atoms with E-state index in [0.29, 0.717) is 15.9 Å². The molecule has 3 rings (SSSR count). The summed E-state index contributed by atoms with van der Waals surface area (Å²) in [7, 11) is -2.57. The molecule has 0 atom stereocenters. The molecule has 0 aliphatic rings. The maximum atomic E-state index is 13.4. The lowest BCUT2D eigenvalue weighted by Gasteiger charge is -2.24. The van der Waals surface area contributed by atoms with Gasteiger partial charge in [-0.1, -0.05) is 17.7 Å². The molecule has 2 aromatic carbocycles. The highest BCUT2D eigenvalue weighted by molar-refractivity contribution is 9.10. The number of nitrogens with zero attached hydrogens (tertiary/aromatic N) is 3. The number of hydrogen-bond acceptors (Lipinski definition) is 6. The van der Waals surface area contributed by atoms with Crippen molar-refractivity contribution < 1.29 is 17.9 Å². The first-order chi connectivity index (χ1) is 15.3. The van der Waals surface area contributed by atoms with Crippen LogP contribution in [-0.2, 0) is 14.8 Å². The molecule has 1 N–H and O–H groups in total. The number of aryl methyl sites for hydroxylation is 1. The van der Waals surface area contributed by atoms with Gasteiger partial charge in [-0.05, 0) is 70.9 Å². The average Bonchev–Trinajstić information content (AvgIpc) is 2.79. The number of hydrogen-bond donors (Lipinski definition) is 1. The minimum Gasteiger partial charge on any atom is -0.496 e. The standard InChI is InChI=1S/C22H21BrN4O4S/c1-16-3-5-18(6-4-16)27(15-22(28)26-25-14-17-9-11-24-12-10-17)32(29,30)19-7-8-21(31-2)20(23)13-19/h3-14H,15H2,1-2H3,(H,26,28)/b25-14-. The van der Waals surface area contributed by atoms with Crippen LogP contribution < -0.4 is 14.5 Å². The number of aromatic nitrogens is 1. The lowest BCUT2D eigenvalue weighted by atomic mass is 10.2. The molecule has 0 aliphatic carbocycles. The van der Waals surface area contributed by atoms with E-state index in [1.165, 1.54) is 25.5 Å². The van der Waals surface area contributed by atoms with Crippen LogP contribution in [0, 0.1) is 6.92 Å². The quantitative estimate of drug-likeness (QED) is 0.364. The summed E-state index contributed by atoms with van der Waals surface area (Å²) >= 11 is 3.31. The van der Waals surface area contributed by atoms with Gasteiger partial charge in [-0.15, -0.1) is 0 Å². The minimum absolute atomic E-state index is 0.0128. The van der Waals surface area contributed by atoms with Crippen molar-refractivity contribution in [3.8, 4) is 5.75 Å². The molecule has 1 amide bonds. The zero-order valence-corrected chi connectivity index (χ0v) is 19.8. The number of pyridine rings is 1. The number of halogens is 1. The predicted octanol–water partition coefficient (Wildman–Crippen LogP) is 3.51. The van der Waals surface area contributed by atoms with Crippen molar-refractivity contribution in [2.45, 2.75) is 11.8 Å². The van der Waals surface area contributed by atoms with Crippen LogP contribution in [0.1, 0.15) is 11.1 Å². The first-order valence-electron chi connectivity index (χ1n) is 9.46. The Morgan fingerprint density at radius 1 is 1.16 bits per heavy atom. The van der Waals surface area contributed by atoms with Gasteiger partial charge >= 0.3 is 0 Å². The number of hydrazone groups is 1. The van der Waals surface area contributed by atoms with Gasteiger partial charge in [0.05, 0.1) is 28.4 Å². The highest BCUT2D eigenvalue weighted by Crippen LogP contribution is 2.30. The van der Waals surface area contributed by atoms with Gasteiger partial charge in [0.25, 0.3) is 15.9 Å². The van der Waals surface area contributed by atoms with Crippen LogP contribution in [0.5, 0.6) is 5.75 Å². The average molecular weight is 517 g/mol. The third-order valence-electron chi connectivity index (χ3n) is 4.43. The molecule has 0 bridgehead atoms. The molecule has 1 heterocycles. The Labute approximate surface area is 195 Å². The summed E-state index contributed by atoms with van der Waals surface area (Å²) in [6.45, 7) is 1.44. The Morgan fingerprint density at radius 3 is 2.47 bits per heavy atom. The van der Waals surface area contributed by atoms with Gasteiger partial charge in [-0.3, -0.25) is 14.1 Å². The molecule has 1 aromatic heterocycles. The Kier molecular flexibility index (Phi) is 7.60. The number of sulfonamides is 1. The fourth-order valence-electron chi connectivity index (χ4n) is 2.75. The topological polar surface area (TPSA) is 101 Å². The largest absolute Gasteiger partial charge is 0.496 e. The molecule has 10 heteroatoms. The van der Waals surface area contributed by atoms with Crippen molar-refractivity contribution in [2.24, 2.45) is 5.10 Å². The number of amides is 1. The van der Waals surface area contributed by atoms with Crippen LogP contribution in [0.15, 0.2) is 81.5 Å². The molecule has 166 valence electrons. The Morgan fingerprint density at radius 2 is 1.84 bits per heavy atom. The highest BCUT2D eigenvalue weighted by atomic mass is 79.9. The third kappa shape index (κ3) is 5.71. The van der Waals surface area contributed by atoms with Crippen molar-refractivity contribution in [1.82, 2.24) is 10.4 Å². The molecule has 3 aromatic rings. The van der Waals surface area contributed by atoms with Crippen molar-refractivity contribution in [3.63, 3.8) is 0 Å². The van der Waals surface area contributed by atoms with Crippen LogP contribution in [0.4, 0.5) is 5.69 Å². The smallest absolute Gasteiger partial charge is 0.264 e. The van der Waals surface area contributed by atoms with E-state index in [4.69, 9.17) is 4.74 Å². The van der Waals surface area contributed by atoms with Crippen molar-refractivity contribution in [2.75, 3.05) is 18.0 Å². The number of methoxy groups -OCH3 is 1. The Hall–Kier alpha value is -3.24. The molecule has 0 saturated carbocycles. The zero-order valence-electron chi connectivity index (χ0n) is 17.4. The first-order valence-corrected chi connectivity index (χ1v) is 11.7. The van der Waals surface area contributed by atoms with Gasteiger partial charge in [0.1, 0.15) is 12.3 Å². The van der Waals surface area contributed by atoms with E-state index in [0.717, 1.165) is 15.4 Å². The summed E-state index contributed by atoms with van der Waals surface area (Å²) in [6, 6.07) is 14.7. The van der Waals surface area contributed by atoms with Crippen LogP contribution in [-0.4, -0.2) is 39.2 Å². The number of anilines is 1. The maximum Gasteiger partial charge on any atom is 0.264 e. The second-order valence-electron chi connectivity index (χ2n) is 6.72. The summed E-state index contributed by atoms with van der Waals surface area (Å²) in [5.74, 6) is -0.0962. The number of benzene rings is 2. The van der Waals surface area contributed by atoms with E-state index in [2.05, 4.69) is 31.4 Å². The van der Waals surface area contributed by atoms with E-state index in [1.807, 2.05) is 6.92 Å². The van der Waals surface area contributed by atoms with Gasteiger partial charge in [0.15, 0.2) is 0 Å². The number of ether oxygens (including phenoxy) is 1. The number of carbonyl (C=O) groups excluding carboxylic acids is 1. The van der Waals surface area contributed by atoms with E-state index < -0.39 is 22.5 Å². The second-order valence-corrected chi connectivity index (χ2v) is 9.43. The summed E-state index contributed by atoms with van der Waals surface area (Å²) in [5.41, 5.74) is 4.43. The summed E-state index contributed by atoms with van der Waals surface area (Å²) < 4.78 is 33.6. The lowest BCUT2D eigenvalue weighted by Crippen LogP contribution is -2.39. The van der Waals surface area contributed by atoms with E-state index in [9.17, 15) is 13.2 Å². The van der Waals surface area contributed by atoms with Gasteiger partial charge in [0.2, 0.25) is 0 Å². The minimum atomic E-state index is -4.06. The normalized spacial score (nSPS) is 11.3. The molecule has 0 saturated heterocycles. The van der Waals surface area contributed by atoms with Gasteiger partial charge in [-0.2, -0.15) is 5.10 Å². The molecule has 8 nitrogen and oxygen atoms in total. The fourth-order valence-corrected chi connectivity index (χ4v) is 4.89. The van der Waals surface area contributed by atoms with Crippen molar-refractivity contribution in [3.05, 3.63) is 82.6 Å². The van der Waals surface area contributed by atoms with E-state index in [-0.39, 0.29) is 4.90 Å². The number of nitrogens with one attached hydrogen (secondary N) is 1. The molecule has 0 aliphatic heterocycles. The van der Waals surface area contributed by atoms with Gasteiger partial charge in [-0.25, -0.2) is 13.8 Å². The fraction of sp³-hybridized carbons (Fsp3) is 0.136. The predicted molar refractivity (Wildman–Crippen MR) is 126 cm³/mol. The lowest BCUT2D eigenvalue weighted by molar-refractivity contribution is -0.119. The highest BCUT2D eigenvalue weighted by Gasteiger charge is 2.28. The van der Waals surface area contributed by atoms with Crippen molar-refractivity contribution in [1.29, 1.82) is 0 Å². The van der Waals surface area contributed by atoms with Crippen molar-refractivity contribution >= 4 is 43.8 Å². The van der Waals surface area contributed by atoms with Crippen LogP contribution in [0.2, 0.25) is 0 Å². The van der Waals surface area contributed by atoms with Crippen LogP contribution in [0.3, 0.4) is 0 Å². The molecule has 0 fully saturated rings. The first kappa shape index (κ1) is 23.4. The molecule has 0 spiro atoms. The second kappa shape index (κ2) is 10.4. The van der Waals surface area contributed by atoms with Gasteiger partial charge < -0.3 is 4.74 Å². The molecule has 32 heavy (non-hydrogen) atoms. The van der Waals surface area contributed by atoms with E-state index >= 15 is 0 Å². The maximum absolute atomic E-state index is 13.4. The van der Waals surface area contributed by atoms with Crippen LogP contribution in [0.25, 0.3) is 0 Å². The number of carbonyl (C=O) groups is 1. The zero-order chi connectivity index (χ0) is 23.1. The molecule has 0 unspecified atom stereocenters. The Bertz CT molecular complexity index is 1220.